The van der Waals surface area contributed by atoms with E-state index in [9.17, 15) is 0 Å². The molecule has 1 atom stereocenters. The van der Waals surface area contributed by atoms with E-state index in [1.54, 1.807) is 0 Å². The van der Waals surface area contributed by atoms with Crippen molar-refractivity contribution in [1.82, 2.24) is 5.32 Å². The molecule has 0 saturated heterocycles. The van der Waals surface area contributed by atoms with Gasteiger partial charge in [-0.25, -0.2) is 0 Å². The minimum absolute atomic E-state index is 0.164. The van der Waals surface area contributed by atoms with Crippen molar-refractivity contribution < 1.29 is 4.74 Å². The molecule has 3 heteroatoms. The normalized spacial score (nSPS) is 20.5. The minimum Gasteiger partial charge on any atom is -0.372 e. The van der Waals surface area contributed by atoms with E-state index in [4.69, 9.17) is 16.3 Å². The number of hydrogen-bond acceptors (Lipinski definition) is 2. The van der Waals surface area contributed by atoms with Crippen LogP contribution in [0.5, 0.6) is 0 Å². The van der Waals surface area contributed by atoms with Gasteiger partial charge in [-0.05, 0) is 42.9 Å². The Balaban J connectivity index is 1.54. The van der Waals surface area contributed by atoms with Gasteiger partial charge in [-0.2, -0.15) is 0 Å². The predicted octanol–water partition coefficient (Wildman–Crippen LogP) is 3.95. The van der Waals surface area contributed by atoms with Crippen LogP contribution in [0.3, 0.4) is 0 Å². The summed E-state index contributed by atoms with van der Waals surface area (Å²) in [5.74, 6) is 0.933. The van der Waals surface area contributed by atoms with Gasteiger partial charge in [0.05, 0.1) is 6.10 Å². The van der Waals surface area contributed by atoms with E-state index in [1.165, 1.54) is 37.7 Å². The summed E-state index contributed by atoms with van der Waals surface area (Å²) in [4.78, 5) is 0. The smallest absolute Gasteiger partial charge is 0.0949 e. The van der Waals surface area contributed by atoms with Crippen molar-refractivity contribution in [2.75, 3.05) is 13.2 Å². The Hall–Kier alpha value is -0.570. The van der Waals surface area contributed by atoms with E-state index in [0.717, 1.165) is 30.1 Å². The summed E-state index contributed by atoms with van der Waals surface area (Å²) in [7, 11) is 0. The predicted molar refractivity (Wildman–Crippen MR) is 78.5 cm³/mol. The molecule has 0 radical (unpaired) electrons. The van der Waals surface area contributed by atoms with Crippen LogP contribution >= 0.6 is 11.6 Å². The lowest BCUT2D eigenvalue weighted by Gasteiger charge is -2.19. The third kappa shape index (κ3) is 4.48. The Kier molecular flexibility index (Phi) is 4.42. The Labute approximate surface area is 120 Å². The first-order valence-electron chi connectivity index (χ1n) is 7.42. The highest BCUT2D eigenvalue weighted by Gasteiger charge is 2.24. The fourth-order valence-corrected chi connectivity index (χ4v) is 2.42. The van der Waals surface area contributed by atoms with Gasteiger partial charge in [-0.1, -0.05) is 36.6 Å². The molecular weight excluding hydrogens is 258 g/mol. The molecule has 19 heavy (non-hydrogen) atoms. The maximum atomic E-state index is 6.09. The second kappa shape index (κ2) is 6.25. The van der Waals surface area contributed by atoms with E-state index < -0.39 is 0 Å². The molecule has 2 aliphatic rings. The highest BCUT2D eigenvalue weighted by atomic mass is 35.5. The number of nitrogens with one attached hydrogen (secondary N) is 1. The molecule has 0 aliphatic heterocycles. The average Bonchev–Trinajstić information content (AvgIpc) is 3.28. The Morgan fingerprint density at radius 1 is 1.16 bits per heavy atom. The third-order valence-electron chi connectivity index (χ3n) is 3.95. The van der Waals surface area contributed by atoms with E-state index >= 15 is 0 Å². The summed E-state index contributed by atoms with van der Waals surface area (Å²) in [5.41, 5.74) is 1.23. The lowest BCUT2D eigenvalue weighted by Crippen LogP contribution is -2.25. The van der Waals surface area contributed by atoms with Crippen molar-refractivity contribution >= 4 is 11.6 Å². The second-order valence-electron chi connectivity index (χ2n) is 5.83. The molecule has 0 amide bonds. The first kappa shape index (κ1) is 13.4. The SMILES string of the molecule is Clc1ccc(C(CNC2CC2)OCCC2CC2)cc1. The van der Waals surface area contributed by atoms with Gasteiger partial charge in [-0.3, -0.25) is 0 Å². The van der Waals surface area contributed by atoms with Crippen LogP contribution in [-0.2, 0) is 4.74 Å². The second-order valence-corrected chi connectivity index (χ2v) is 6.26. The summed E-state index contributed by atoms with van der Waals surface area (Å²) in [5, 5.41) is 4.35. The monoisotopic (exact) mass is 279 g/mol. The Morgan fingerprint density at radius 3 is 2.53 bits per heavy atom. The van der Waals surface area contributed by atoms with Crippen LogP contribution in [0.4, 0.5) is 0 Å². The first-order chi connectivity index (χ1) is 9.31. The van der Waals surface area contributed by atoms with Crippen molar-refractivity contribution in [1.29, 1.82) is 0 Å². The van der Waals surface area contributed by atoms with Crippen molar-refractivity contribution in [3.63, 3.8) is 0 Å². The standard InChI is InChI=1S/C16H22ClNO/c17-14-5-3-13(4-6-14)16(11-18-15-7-8-15)19-10-9-12-1-2-12/h3-6,12,15-16,18H,1-2,7-11H2. The lowest BCUT2D eigenvalue weighted by molar-refractivity contribution is 0.0483. The highest BCUT2D eigenvalue weighted by Crippen LogP contribution is 2.33. The molecule has 2 nitrogen and oxygen atoms in total. The van der Waals surface area contributed by atoms with Gasteiger partial charge in [-0.15, -0.1) is 0 Å². The zero-order chi connectivity index (χ0) is 13.1. The van der Waals surface area contributed by atoms with Crippen molar-refractivity contribution in [3.05, 3.63) is 34.9 Å². The van der Waals surface area contributed by atoms with Gasteiger partial charge < -0.3 is 10.1 Å². The van der Waals surface area contributed by atoms with E-state index in [1.807, 2.05) is 12.1 Å². The fourth-order valence-electron chi connectivity index (χ4n) is 2.30. The molecule has 104 valence electrons. The van der Waals surface area contributed by atoms with Crippen LogP contribution in [0.25, 0.3) is 0 Å². The van der Waals surface area contributed by atoms with Crippen LogP contribution in [-0.4, -0.2) is 19.2 Å². The number of hydrogen-bond donors (Lipinski definition) is 1. The summed E-state index contributed by atoms with van der Waals surface area (Å²) in [6, 6.07) is 8.79. The van der Waals surface area contributed by atoms with Gasteiger partial charge in [0.1, 0.15) is 0 Å². The van der Waals surface area contributed by atoms with E-state index in [0.29, 0.717) is 0 Å². The maximum Gasteiger partial charge on any atom is 0.0949 e. The van der Waals surface area contributed by atoms with Crippen LogP contribution in [0.2, 0.25) is 5.02 Å². The van der Waals surface area contributed by atoms with Crippen LogP contribution in [0.1, 0.15) is 43.8 Å². The first-order valence-corrected chi connectivity index (χ1v) is 7.79. The molecule has 1 unspecified atom stereocenters. The molecular formula is C16H22ClNO. The largest absolute Gasteiger partial charge is 0.372 e. The van der Waals surface area contributed by atoms with Crippen molar-refractivity contribution in [3.8, 4) is 0 Å². The summed E-state index contributed by atoms with van der Waals surface area (Å²) < 4.78 is 6.09. The number of benzene rings is 1. The van der Waals surface area contributed by atoms with Gasteiger partial charge in [0, 0.05) is 24.2 Å². The molecule has 1 aromatic carbocycles. The van der Waals surface area contributed by atoms with Crippen LogP contribution in [0.15, 0.2) is 24.3 Å². The Morgan fingerprint density at radius 2 is 1.89 bits per heavy atom. The molecule has 1 aromatic rings. The van der Waals surface area contributed by atoms with Crippen molar-refractivity contribution in [2.45, 2.75) is 44.2 Å². The van der Waals surface area contributed by atoms with Gasteiger partial charge in [0.2, 0.25) is 0 Å². The highest BCUT2D eigenvalue weighted by molar-refractivity contribution is 6.30. The molecule has 0 heterocycles. The minimum atomic E-state index is 0.164. The quantitative estimate of drug-likeness (QED) is 0.778. The summed E-state index contributed by atoms with van der Waals surface area (Å²) in [6.07, 6.45) is 6.81. The van der Waals surface area contributed by atoms with E-state index in [-0.39, 0.29) is 6.10 Å². The third-order valence-corrected chi connectivity index (χ3v) is 4.21. The topological polar surface area (TPSA) is 21.3 Å². The molecule has 0 bridgehead atoms. The van der Waals surface area contributed by atoms with E-state index in [2.05, 4.69) is 17.4 Å². The van der Waals surface area contributed by atoms with Gasteiger partial charge in [0.15, 0.2) is 0 Å². The van der Waals surface area contributed by atoms with Crippen molar-refractivity contribution in [2.24, 2.45) is 5.92 Å². The summed E-state index contributed by atoms with van der Waals surface area (Å²) >= 11 is 5.95. The van der Waals surface area contributed by atoms with Crippen LogP contribution < -0.4 is 5.32 Å². The zero-order valence-corrected chi connectivity index (χ0v) is 12.0. The molecule has 2 fully saturated rings. The molecule has 0 spiro atoms. The number of halogens is 1. The maximum absolute atomic E-state index is 6.09. The molecule has 2 aliphatic carbocycles. The molecule has 3 rings (SSSR count). The Bertz CT molecular complexity index is 398. The summed E-state index contributed by atoms with van der Waals surface area (Å²) in [6.45, 7) is 1.79. The lowest BCUT2D eigenvalue weighted by atomic mass is 10.1. The van der Waals surface area contributed by atoms with Gasteiger partial charge >= 0.3 is 0 Å². The molecule has 0 aromatic heterocycles. The zero-order valence-electron chi connectivity index (χ0n) is 11.3. The fraction of sp³-hybridized carbons (Fsp3) is 0.625. The number of rotatable bonds is 8. The molecule has 1 N–H and O–H groups in total. The van der Waals surface area contributed by atoms with Crippen LogP contribution in [0, 0.1) is 5.92 Å². The van der Waals surface area contributed by atoms with Gasteiger partial charge in [0.25, 0.3) is 0 Å². The average molecular weight is 280 g/mol. The number of ether oxygens (including phenoxy) is 1. The molecule has 2 saturated carbocycles.